The van der Waals surface area contributed by atoms with Crippen molar-refractivity contribution in [3.05, 3.63) is 68.8 Å². The number of hydrogen-bond donors (Lipinski definition) is 2. The minimum atomic E-state index is -2.39. The van der Waals surface area contributed by atoms with Gasteiger partial charge >= 0.3 is 0 Å². The summed E-state index contributed by atoms with van der Waals surface area (Å²) in [5.74, 6) is -13.7. The van der Waals surface area contributed by atoms with Crippen LogP contribution in [0.2, 0.25) is 0 Å². The van der Waals surface area contributed by atoms with Crippen LogP contribution < -0.4 is 10.9 Å². The fraction of sp³-hybridized carbons (Fsp3) is 0.158. The van der Waals surface area contributed by atoms with Crippen molar-refractivity contribution in [3.8, 4) is 5.75 Å². The standard InChI is InChI=1S/C19H11F5N2O3/c20-10-11(21)13(23)15(14(24)12(10)22)25-18(28)9-17(27)8-5-1-3-7-4-2-6-26(16(7)8)19(9)29/h1,3,5,27H,2,4,6H2,(H,25,28). The Morgan fingerprint density at radius 3 is 2.28 bits per heavy atom. The first-order valence-corrected chi connectivity index (χ1v) is 8.44. The van der Waals surface area contributed by atoms with Crippen molar-refractivity contribution >= 4 is 22.5 Å². The van der Waals surface area contributed by atoms with E-state index in [4.69, 9.17) is 0 Å². The van der Waals surface area contributed by atoms with Gasteiger partial charge in [0.1, 0.15) is 17.0 Å². The highest BCUT2D eigenvalue weighted by Gasteiger charge is 2.30. The molecule has 1 aliphatic heterocycles. The monoisotopic (exact) mass is 410 g/mol. The molecule has 0 saturated heterocycles. The molecule has 4 rings (SSSR count). The lowest BCUT2D eigenvalue weighted by Gasteiger charge is -2.21. The number of hydrogen-bond acceptors (Lipinski definition) is 3. The second-order valence-electron chi connectivity index (χ2n) is 6.50. The van der Waals surface area contributed by atoms with Crippen molar-refractivity contribution in [1.29, 1.82) is 0 Å². The van der Waals surface area contributed by atoms with Crippen LogP contribution in [0.4, 0.5) is 27.6 Å². The van der Waals surface area contributed by atoms with Crippen molar-refractivity contribution in [2.75, 3.05) is 5.32 Å². The minimum Gasteiger partial charge on any atom is -0.506 e. The number of aromatic nitrogens is 1. The number of anilines is 1. The predicted molar refractivity (Wildman–Crippen MR) is 92.4 cm³/mol. The van der Waals surface area contributed by atoms with Gasteiger partial charge in [-0.05, 0) is 24.5 Å². The lowest BCUT2D eigenvalue weighted by Crippen LogP contribution is -2.32. The van der Waals surface area contributed by atoms with Gasteiger partial charge in [-0.1, -0.05) is 12.1 Å². The summed E-state index contributed by atoms with van der Waals surface area (Å²) in [6.07, 6.45) is 1.22. The van der Waals surface area contributed by atoms with Gasteiger partial charge in [-0.3, -0.25) is 9.59 Å². The van der Waals surface area contributed by atoms with E-state index in [-0.39, 0.29) is 11.9 Å². The van der Waals surface area contributed by atoms with E-state index in [1.807, 2.05) is 0 Å². The molecule has 0 bridgehead atoms. The van der Waals surface area contributed by atoms with E-state index in [2.05, 4.69) is 0 Å². The smallest absolute Gasteiger partial charge is 0.267 e. The third-order valence-corrected chi connectivity index (χ3v) is 4.84. The Morgan fingerprint density at radius 1 is 1.00 bits per heavy atom. The minimum absolute atomic E-state index is 0.157. The highest BCUT2D eigenvalue weighted by molar-refractivity contribution is 6.09. The molecule has 2 N–H and O–H groups in total. The number of aryl methyl sites for hydroxylation is 2. The molecule has 0 atom stereocenters. The third kappa shape index (κ3) is 2.66. The van der Waals surface area contributed by atoms with Gasteiger partial charge in [-0.25, -0.2) is 22.0 Å². The second-order valence-corrected chi connectivity index (χ2v) is 6.50. The second kappa shape index (κ2) is 6.57. The van der Waals surface area contributed by atoms with Gasteiger partial charge in [0.05, 0.1) is 5.52 Å². The van der Waals surface area contributed by atoms with Crippen LogP contribution in [0.3, 0.4) is 0 Å². The Bertz CT molecular complexity index is 1240. The molecular formula is C19H11F5N2O3. The molecule has 29 heavy (non-hydrogen) atoms. The zero-order chi connectivity index (χ0) is 21.0. The van der Waals surface area contributed by atoms with E-state index in [9.17, 15) is 36.6 Å². The normalized spacial score (nSPS) is 13.0. The Hall–Kier alpha value is -3.43. The van der Waals surface area contributed by atoms with Crippen molar-refractivity contribution < 1.29 is 31.9 Å². The lowest BCUT2D eigenvalue weighted by atomic mass is 9.99. The van der Waals surface area contributed by atoms with Crippen molar-refractivity contribution in [2.45, 2.75) is 19.4 Å². The third-order valence-electron chi connectivity index (χ3n) is 4.84. The fourth-order valence-electron chi connectivity index (χ4n) is 3.51. The number of amides is 1. The Kier molecular flexibility index (Phi) is 4.29. The van der Waals surface area contributed by atoms with Gasteiger partial charge in [-0.15, -0.1) is 0 Å². The number of nitrogens with zero attached hydrogens (tertiary/aromatic N) is 1. The van der Waals surface area contributed by atoms with Crippen molar-refractivity contribution in [2.24, 2.45) is 0 Å². The van der Waals surface area contributed by atoms with Gasteiger partial charge < -0.3 is 15.0 Å². The Morgan fingerprint density at radius 2 is 1.62 bits per heavy atom. The van der Waals surface area contributed by atoms with E-state index < -0.39 is 57.6 Å². The summed E-state index contributed by atoms with van der Waals surface area (Å²) >= 11 is 0. The first-order chi connectivity index (χ1) is 13.7. The maximum absolute atomic E-state index is 13.9. The van der Waals surface area contributed by atoms with Crippen LogP contribution in [0.25, 0.3) is 10.9 Å². The summed E-state index contributed by atoms with van der Waals surface area (Å²) < 4.78 is 68.9. The molecule has 2 aromatic carbocycles. The molecule has 0 saturated carbocycles. The van der Waals surface area contributed by atoms with E-state index in [1.54, 1.807) is 12.1 Å². The van der Waals surface area contributed by atoms with Crippen LogP contribution in [0, 0.1) is 29.1 Å². The fourth-order valence-corrected chi connectivity index (χ4v) is 3.51. The lowest BCUT2D eigenvalue weighted by molar-refractivity contribution is 0.102. The van der Waals surface area contributed by atoms with Crippen LogP contribution in [-0.4, -0.2) is 15.6 Å². The molecular weight excluding hydrogens is 399 g/mol. The first kappa shape index (κ1) is 18.9. The number of carbonyl (C=O) groups excluding carboxylic acids is 1. The molecule has 1 aromatic heterocycles. The average molecular weight is 410 g/mol. The molecule has 1 amide bonds. The predicted octanol–water partition coefficient (Wildman–Crippen LogP) is 3.60. The van der Waals surface area contributed by atoms with Crippen molar-refractivity contribution in [3.63, 3.8) is 0 Å². The average Bonchev–Trinajstić information content (AvgIpc) is 2.72. The van der Waals surface area contributed by atoms with Crippen molar-refractivity contribution in [1.82, 2.24) is 4.57 Å². The number of halogens is 5. The summed E-state index contributed by atoms with van der Waals surface area (Å²) in [6, 6.07) is 4.80. The molecule has 0 fully saturated rings. The highest BCUT2D eigenvalue weighted by Crippen LogP contribution is 2.33. The summed E-state index contributed by atoms with van der Waals surface area (Å²) in [6.45, 7) is 0.232. The maximum Gasteiger partial charge on any atom is 0.267 e. The number of para-hydroxylation sites is 1. The SMILES string of the molecule is O=C(Nc1c(F)c(F)c(F)c(F)c1F)c1c(O)c2cccc3c2n(c1=O)CCC3. The largest absolute Gasteiger partial charge is 0.506 e. The summed E-state index contributed by atoms with van der Waals surface area (Å²) in [7, 11) is 0. The Balaban J connectivity index is 1.90. The topological polar surface area (TPSA) is 71.3 Å². The van der Waals surface area contributed by atoms with Gasteiger partial charge in [0.2, 0.25) is 5.82 Å². The Labute approximate surface area is 159 Å². The van der Waals surface area contributed by atoms with Crippen LogP contribution in [-0.2, 0) is 13.0 Å². The molecule has 0 radical (unpaired) electrons. The van der Waals surface area contributed by atoms with Gasteiger partial charge in [0, 0.05) is 11.9 Å². The molecule has 10 heteroatoms. The van der Waals surface area contributed by atoms with E-state index in [0.29, 0.717) is 18.4 Å². The van der Waals surface area contributed by atoms with Crippen LogP contribution in [0.15, 0.2) is 23.0 Å². The number of benzene rings is 2. The summed E-state index contributed by atoms with van der Waals surface area (Å²) in [5.41, 5.74) is -2.22. The molecule has 2 heterocycles. The van der Waals surface area contributed by atoms with Gasteiger partial charge in [0.15, 0.2) is 23.3 Å². The summed E-state index contributed by atoms with van der Waals surface area (Å²) in [5, 5.41) is 12.2. The molecule has 3 aromatic rings. The van der Waals surface area contributed by atoms with Crippen LogP contribution in [0.5, 0.6) is 5.75 Å². The summed E-state index contributed by atoms with van der Waals surface area (Å²) in [4.78, 5) is 25.3. The molecule has 1 aliphatic rings. The zero-order valence-corrected chi connectivity index (χ0v) is 14.5. The number of nitrogens with one attached hydrogen (secondary N) is 1. The van der Waals surface area contributed by atoms with Gasteiger partial charge in [-0.2, -0.15) is 0 Å². The van der Waals surface area contributed by atoms with Crippen LogP contribution >= 0.6 is 0 Å². The molecule has 0 aliphatic carbocycles. The first-order valence-electron chi connectivity index (χ1n) is 8.44. The number of pyridine rings is 1. The van der Waals surface area contributed by atoms with E-state index in [0.717, 1.165) is 5.56 Å². The molecule has 0 unspecified atom stereocenters. The number of rotatable bonds is 2. The van der Waals surface area contributed by atoms with Gasteiger partial charge in [0.25, 0.3) is 11.5 Å². The quantitative estimate of drug-likeness (QED) is 0.385. The maximum atomic E-state index is 13.9. The zero-order valence-electron chi connectivity index (χ0n) is 14.5. The highest BCUT2D eigenvalue weighted by atomic mass is 19.2. The number of aromatic hydroxyl groups is 1. The number of carbonyl (C=O) groups is 1. The molecule has 150 valence electrons. The molecule has 5 nitrogen and oxygen atoms in total. The van der Waals surface area contributed by atoms with E-state index >= 15 is 0 Å². The molecule has 0 spiro atoms. The van der Waals surface area contributed by atoms with Crippen LogP contribution in [0.1, 0.15) is 22.3 Å². The van der Waals surface area contributed by atoms with E-state index in [1.165, 1.54) is 16.0 Å².